The Balaban J connectivity index is 1.45. The molecule has 1 aliphatic rings. The predicted octanol–water partition coefficient (Wildman–Crippen LogP) is 6.03. The van der Waals surface area contributed by atoms with Crippen molar-refractivity contribution in [3.05, 3.63) is 93.8 Å². The van der Waals surface area contributed by atoms with Crippen LogP contribution in [-0.4, -0.2) is 47.7 Å². The molecule has 1 fully saturated rings. The summed E-state index contributed by atoms with van der Waals surface area (Å²) < 4.78 is 58.9. The Morgan fingerprint density at radius 3 is 2.15 bits per heavy atom. The van der Waals surface area contributed by atoms with Gasteiger partial charge < -0.3 is 19.0 Å². The predicted molar refractivity (Wildman–Crippen MR) is 144 cm³/mol. The van der Waals surface area contributed by atoms with Gasteiger partial charge in [0, 0.05) is 39.3 Å². The summed E-state index contributed by atoms with van der Waals surface area (Å²) in [6.45, 7) is 5.65. The molecule has 5 rings (SSSR count). The summed E-state index contributed by atoms with van der Waals surface area (Å²) >= 11 is 0. The molecule has 40 heavy (non-hydrogen) atoms. The summed E-state index contributed by atoms with van der Waals surface area (Å²) in [5.41, 5.74) is 0.0205. The molecular weight excluding hydrogens is 525 g/mol. The molecule has 1 aromatic heterocycles. The topological polar surface area (TPSA) is 75.4 Å². The zero-order valence-corrected chi connectivity index (χ0v) is 21.9. The lowest BCUT2D eigenvalue weighted by molar-refractivity contribution is -0.154. The summed E-state index contributed by atoms with van der Waals surface area (Å²) in [5.74, 6) is -2.66. The zero-order valence-electron chi connectivity index (χ0n) is 21.9. The molecule has 1 saturated heterocycles. The van der Waals surface area contributed by atoms with Crippen LogP contribution in [0.25, 0.3) is 11.0 Å². The normalized spacial score (nSPS) is 14.9. The first-order chi connectivity index (χ1) is 19.2. The van der Waals surface area contributed by atoms with Crippen molar-refractivity contribution in [2.75, 3.05) is 32.8 Å². The van der Waals surface area contributed by atoms with Gasteiger partial charge in [0.05, 0.1) is 17.6 Å². The highest BCUT2D eigenvalue weighted by Gasteiger charge is 2.41. The molecule has 1 aliphatic heterocycles. The lowest BCUT2D eigenvalue weighted by Crippen LogP contribution is -2.45. The van der Waals surface area contributed by atoms with Crippen molar-refractivity contribution < 1.29 is 32.2 Å². The second kappa shape index (κ2) is 11.6. The molecule has 0 radical (unpaired) electrons. The van der Waals surface area contributed by atoms with Gasteiger partial charge in [-0.15, -0.1) is 0 Å². The quantitative estimate of drug-likeness (QED) is 0.285. The second-order valence-corrected chi connectivity index (χ2v) is 9.55. The van der Waals surface area contributed by atoms with Crippen LogP contribution in [0.4, 0.5) is 13.2 Å². The van der Waals surface area contributed by atoms with Gasteiger partial charge in [0.1, 0.15) is 11.3 Å². The minimum Gasteiger partial charge on any atom is -0.507 e. The van der Waals surface area contributed by atoms with Crippen LogP contribution in [-0.2, 0) is 19.3 Å². The number of ether oxygens (including phenoxy) is 2. The largest absolute Gasteiger partial charge is 0.507 e. The molecule has 10 heteroatoms. The highest BCUT2D eigenvalue weighted by atomic mass is 19.4. The van der Waals surface area contributed by atoms with Gasteiger partial charge in [0.25, 0.3) is 5.76 Å². The number of piperazine rings is 1. The van der Waals surface area contributed by atoms with Gasteiger partial charge in [-0.3, -0.25) is 14.6 Å². The van der Waals surface area contributed by atoms with Crippen molar-refractivity contribution in [3.8, 4) is 23.0 Å². The number of halogens is 3. The summed E-state index contributed by atoms with van der Waals surface area (Å²) in [5, 5.41) is 10.5. The molecule has 0 amide bonds. The van der Waals surface area contributed by atoms with Crippen LogP contribution in [0, 0.1) is 0 Å². The maximum Gasteiger partial charge on any atom is 0.453 e. The number of alkyl halides is 3. The smallest absolute Gasteiger partial charge is 0.453 e. The number of phenols is 1. The Morgan fingerprint density at radius 1 is 0.875 bits per heavy atom. The number of phenolic OH excluding ortho intramolecular Hbond substituents is 1. The number of hydrogen-bond donors (Lipinski definition) is 1. The van der Waals surface area contributed by atoms with Gasteiger partial charge >= 0.3 is 6.18 Å². The van der Waals surface area contributed by atoms with E-state index in [2.05, 4.69) is 17.0 Å². The third-order valence-electron chi connectivity index (χ3n) is 6.81. The lowest BCUT2D eigenvalue weighted by Gasteiger charge is -2.34. The molecule has 0 saturated carbocycles. The fourth-order valence-electron chi connectivity index (χ4n) is 4.81. The third kappa shape index (κ3) is 5.93. The lowest BCUT2D eigenvalue weighted by atomic mass is 10.1. The van der Waals surface area contributed by atoms with Crippen LogP contribution in [0.2, 0.25) is 0 Å². The average Bonchev–Trinajstić information content (AvgIpc) is 2.93. The molecule has 7 nitrogen and oxygen atoms in total. The first-order valence-corrected chi connectivity index (χ1v) is 13.0. The van der Waals surface area contributed by atoms with Gasteiger partial charge in [-0.2, -0.15) is 13.2 Å². The molecule has 210 valence electrons. The third-order valence-corrected chi connectivity index (χ3v) is 6.81. The Morgan fingerprint density at radius 2 is 1.50 bits per heavy atom. The van der Waals surface area contributed by atoms with E-state index in [-0.39, 0.29) is 46.9 Å². The van der Waals surface area contributed by atoms with Gasteiger partial charge in [-0.25, -0.2) is 0 Å². The summed E-state index contributed by atoms with van der Waals surface area (Å²) in [6.07, 6.45) is -5.03. The average molecular weight is 555 g/mol. The monoisotopic (exact) mass is 554 g/mol. The van der Waals surface area contributed by atoms with E-state index >= 15 is 0 Å². The van der Waals surface area contributed by atoms with Gasteiger partial charge in [-0.1, -0.05) is 42.5 Å². The number of para-hydroxylation sites is 2. The molecule has 1 N–H and O–H groups in total. The number of hydrogen-bond acceptors (Lipinski definition) is 7. The van der Waals surface area contributed by atoms with Crippen molar-refractivity contribution in [2.24, 2.45) is 0 Å². The summed E-state index contributed by atoms with van der Waals surface area (Å²) in [6, 6.07) is 18.8. The van der Waals surface area contributed by atoms with E-state index in [0.717, 1.165) is 19.6 Å². The number of benzene rings is 3. The van der Waals surface area contributed by atoms with Crippen molar-refractivity contribution in [2.45, 2.75) is 26.2 Å². The maximum absolute atomic E-state index is 14.2. The molecule has 0 spiro atoms. The van der Waals surface area contributed by atoms with Crippen molar-refractivity contribution in [1.82, 2.24) is 9.80 Å². The molecule has 0 atom stereocenters. The van der Waals surface area contributed by atoms with Gasteiger partial charge in [0.15, 0.2) is 11.5 Å². The van der Waals surface area contributed by atoms with Gasteiger partial charge in [-0.05, 0) is 36.8 Å². The van der Waals surface area contributed by atoms with Gasteiger partial charge in [0.2, 0.25) is 11.2 Å². The molecule has 0 unspecified atom stereocenters. The van der Waals surface area contributed by atoms with E-state index in [1.54, 1.807) is 19.1 Å². The minimum absolute atomic E-state index is 0.0473. The van der Waals surface area contributed by atoms with Crippen molar-refractivity contribution in [1.29, 1.82) is 0 Å². The first kappa shape index (κ1) is 27.5. The van der Waals surface area contributed by atoms with E-state index in [1.165, 1.54) is 29.8 Å². The van der Waals surface area contributed by atoms with E-state index in [0.29, 0.717) is 13.1 Å². The summed E-state index contributed by atoms with van der Waals surface area (Å²) in [7, 11) is 0. The Labute approximate surface area is 229 Å². The fourth-order valence-corrected chi connectivity index (χ4v) is 4.81. The molecule has 3 aromatic carbocycles. The van der Waals surface area contributed by atoms with Crippen molar-refractivity contribution in [3.63, 3.8) is 0 Å². The van der Waals surface area contributed by atoms with Crippen LogP contribution in [0.3, 0.4) is 0 Å². The van der Waals surface area contributed by atoms with Crippen molar-refractivity contribution >= 4 is 11.0 Å². The van der Waals surface area contributed by atoms with Crippen LogP contribution in [0.5, 0.6) is 23.0 Å². The van der Waals surface area contributed by atoms with E-state index in [1.807, 2.05) is 23.1 Å². The molecule has 4 aromatic rings. The Kier molecular flexibility index (Phi) is 7.99. The molecule has 2 heterocycles. The fraction of sp³-hybridized carbons (Fsp3) is 0.300. The van der Waals surface area contributed by atoms with E-state index < -0.39 is 23.1 Å². The van der Waals surface area contributed by atoms with E-state index in [4.69, 9.17) is 13.9 Å². The molecular formula is C30H29F3N2O5. The van der Waals surface area contributed by atoms with Crippen LogP contribution in [0.15, 0.2) is 75.9 Å². The summed E-state index contributed by atoms with van der Waals surface area (Å²) in [4.78, 5) is 17.7. The Hall–Kier alpha value is -4.02. The SMILES string of the molecule is CCOc1ccccc1Oc1c(C(F)(F)F)oc2c(CN3CCN(Cc4ccccc4)CC3)c(O)ccc2c1=O. The van der Waals surface area contributed by atoms with Crippen LogP contribution >= 0.6 is 0 Å². The maximum atomic E-state index is 14.2. The zero-order chi connectivity index (χ0) is 28.3. The minimum atomic E-state index is -5.03. The molecule has 0 aliphatic carbocycles. The Bertz CT molecular complexity index is 1530. The number of aromatic hydroxyl groups is 1. The number of nitrogens with zero attached hydrogens (tertiary/aromatic N) is 2. The van der Waals surface area contributed by atoms with Crippen LogP contribution in [0.1, 0.15) is 23.8 Å². The van der Waals surface area contributed by atoms with Crippen LogP contribution < -0.4 is 14.9 Å². The number of rotatable bonds is 8. The standard InChI is InChI=1S/C30H29F3N2O5/c1-2-38-24-10-6-7-11-25(24)39-28-26(37)21-12-13-23(36)22(27(21)40-29(28)30(31,32)33)19-35-16-14-34(15-17-35)18-20-8-4-3-5-9-20/h3-13,36H,2,14-19H2,1H3. The first-order valence-electron chi connectivity index (χ1n) is 13.0. The highest BCUT2D eigenvalue weighted by molar-refractivity contribution is 5.83. The molecule has 0 bridgehead atoms. The second-order valence-electron chi connectivity index (χ2n) is 9.55. The van der Waals surface area contributed by atoms with E-state index in [9.17, 15) is 23.1 Å². The highest BCUT2D eigenvalue weighted by Crippen LogP contribution is 2.41. The number of fused-ring (bicyclic) bond motifs is 1.